The molecule has 0 aliphatic heterocycles. The molecule has 0 aliphatic carbocycles. The highest BCUT2D eigenvalue weighted by molar-refractivity contribution is 7.89. The molecule has 7 nitrogen and oxygen atoms in total. The fourth-order valence-corrected chi connectivity index (χ4v) is 5.27. The van der Waals surface area contributed by atoms with E-state index in [4.69, 9.17) is 0 Å². The van der Waals surface area contributed by atoms with Crippen molar-refractivity contribution in [3.8, 4) is 0 Å². The third-order valence-corrected chi connectivity index (χ3v) is 7.44. The number of ketones is 1. The Hall–Kier alpha value is -3.78. The molecule has 3 rings (SSSR count). The van der Waals surface area contributed by atoms with E-state index in [1.807, 2.05) is 20.8 Å². The van der Waals surface area contributed by atoms with Gasteiger partial charge >= 0.3 is 0 Å². The third-order valence-electron chi connectivity index (χ3n) is 5.64. The van der Waals surface area contributed by atoms with Crippen LogP contribution in [-0.4, -0.2) is 36.4 Å². The van der Waals surface area contributed by atoms with E-state index in [2.05, 4.69) is 5.32 Å². The summed E-state index contributed by atoms with van der Waals surface area (Å²) in [6, 6.07) is 19.2. The second kappa shape index (κ2) is 11.3. The van der Waals surface area contributed by atoms with Crippen molar-refractivity contribution in [2.75, 3.05) is 5.32 Å². The van der Waals surface area contributed by atoms with Crippen LogP contribution in [0, 0.1) is 12.8 Å². The van der Waals surface area contributed by atoms with E-state index in [1.54, 1.807) is 54.6 Å². The van der Waals surface area contributed by atoms with Crippen LogP contribution in [0.5, 0.6) is 0 Å². The zero-order valence-electron chi connectivity index (χ0n) is 20.8. The molecule has 0 bridgehead atoms. The minimum Gasteiger partial charge on any atom is -0.324 e. The van der Waals surface area contributed by atoms with Crippen molar-refractivity contribution in [3.05, 3.63) is 95.6 Å². The van der Waals surface area contributed by atoms with Crippen molar-refractivity contribution in [1.82, 2.24) is 4.31 Å². The van der Waals surface area contributed by atoms with Gasteiger partial charge in [0.05, 0.1) is 4.90 Å². The third kappa shape index (κ3) is 6.26. The van der Waals surface area contributed by atoms with E-state index < -0.39 is 27.9 Å². The minimum atomic E-state index is -4.39. The molecule has 1 unspecified atom stereocenters. The maximum atomic E-state index is 13.8. The maximum Gasteiger partial charge on any atom is 0.268 e. The topological polar surface area (TPSA) is 101 Å². The summed E-state index contributed by atoms with van der Waals surface area (Å²) in [5.41, 5.74) is 1.88. The van der Waals surface area contributed by atoms with E-state index in [1.165, 1.54) is 31.2 Å². The molecule has 0 saturated heterocycles. The number of aryl methyl sites for hydroxylation is 1. The van der Waals surface area contributed by atoms with Gasteiger partial charge in [-0.2, -0.15) is 0 Å². The normalized spacial score (nSPS) is 12.1. The number of Topliss-reactive ketones (excluding diaryl/α,β-unsaturated/α-hetero) is 1. The van der Waals surface area contributed by atoms with E-state index in [0.29, 0.717) is 15.6 Å². The fraction of sp³-hybridized carbons (Fsp3) is 0.250. The number of carbonyl (C=O) groups excluding carboxylic acids is 3. The predicted molar refractivity (Wildman–Crippen MR) is 139 cm³/mol. The summed E-state index contributed by atoms with van der Waals surface area (Å²) in [6.45, 7) is 6.97. The first-order valence-corrected chi connectivity index (χ1v) is 13.1. The highest BCUT2D eigenvalue weighted by Gasteiger charge is 2.40. The van der Waals surface area contributed by atoms with Crippen LogP contribution in [0.2, 0.25) is 0 Å². The SMILES string of the molecule is CC(=O)c1ccc(NC(=O)C(CC(C)C)N(C(=O)c2ccccc2)S(=O)(=O)c2ccc(C)cc2)cc1. The molecule has 188 valence electrons. The van der Waals surface area contributed by atoms with Crippen LogP contribution in [0.4, 0.5) is 5.69 Å². The number of hydrogen-bond acceptors (Lipinski definition) is 5. The highest BCUT2D eigenvalue weighted by atomic mass is 32.2. The Bertz CT molecular complexity index is 1330. The zero-order valence-corrected chi connectivity index (χ0v) is 21.6. The number of amides is 2. The largest absolute Gasteiger partial charge is 0.324 e. The number of hydrogen-bond donors (Lipinski definition) is 1. The number of nitrogens with zero attached hydrogens (tertiary/aromatic N) is 1. The van der Waals surface area contributed by atoms with Crippen LogP contribution in [0.25, 0.3) is 0 Å². The van der Waals surface area contributed by atoms with Gasteiger partial charge in [0.15, 0.2) is 5.78 Å². The van der Waals surface area contributed by atoms with Crippen molar-refractivity contribution >= 4 is 33.3 Å². The van der Waals surface area contributed by atoms with E-state index in [9.17, 15) is 22.8 Å². The summed E-state index contributed by atoms with van der Waals surface area (Å²) in [6.07, 6.45) is 0.112. The maximum absolute atomic E-state index is 13.8. The van der Waals surface area contributed by atoms with Crippen molar-refractivity contribution in [1.29, 1.82) is 0 Å². The first kappa shape index (κ1) is 26.8. The minimum absolute atomic E-state index is 0.0789. The Morgan fingerprint density at radius 2 is 1.42 bits per heavy atom. The highest BCUT2D eigenvalue weighted by Crippen LogP contribution is 2.26. The molecule has 3 aromatic rings. The molecular weight excluding hydrogens is 476 g/mol. The van der Waals surface area contributed by atoms with Gasteiger partial charge in [0.25, 0.3) is 15.9 Å². The monoisotopic (exact) mass is 506 g/mol. The molecule has 1 atom stereocenters. The first-order chi connectivity index (χ1) is 17.0. The van der Waals surface area contributed by atoms with E-state index >= 15 is 0 Å². The van der Waals surface area contributed by atoms with Crippen LogP contribution in [0.15, 0.2) is 83.8 Å². The Morgan fingerprint density at radius 1 is 0.833 bits per heavy atom. The Balaban J connectivity index is 2.08. The summed E-state index contributed by atoms with van der Waals surface area (Å²) in [7, 11) is -4.39. The molecule has 3 aromatic carbocycles. The van der Waals surface area contributed by atoms with Gasteiger partial charge in [0.2, 0.25) is 5.91 Å². The van der Waals surface area contributed by atoms with Crippen molar-refractivity contribution < 1.29 is 22.8 Å². The van der Waals surface area contributed by atoms with Gasteiger partial charge in [0, 0.05) is 16.8 Å². The Morgan fingerprint density at radius 3 is 1.94 bits per heavy atom. The summed E-state index contributed by atoms with van der Waals surface area (Å²) in [5, 5.41) is 2.72. The van der Waals surface area contributed by atoms with Crippen molar-refractivity contribution in [2.24, 2.45) is 5.92 Å². The molecular formula is C28H30N2O5S. The molecule has 1 N–H and O–H groups in total. The van der Waals surface area contributed by atoms with Crippen LogP contribution in [0.3, 0.4) is 0 Å². The predicted octanol–water partition coefficient (Wildman–Crippen LogP) is 5.08. The van der Waals surface area contributed by atoms with Gasteiger partial charge in [-0.05, 0) is 74.7 Å². The summed E-state index contributed by atoms with van der Waals surface area (Å²) >= 11 is 0. The van der Waals surface area contributed by atoms with Crippen LogP contribution in [-0.2, 0) is 14.8 Å². The van der Waals surface area contributed by atoms with Crippen LogP contribution in [0.1, 0.15) is 53.5 Å². The van der Waals surface area contributed by atoms with Crippen LogP contribution >= 0.6 is 0 Å². The van der Waals surface area contributed by atoms with Gasteiger partial charge in [-0.25, -0.2) is 12.7 Å². The van der Waals surface area contributed by atoms with E-state index in [-0.39, 0.29) is 28.6 Å². The second-order valence-electron chi connectivity index (χ2n) is 9.05. The summed E-state index contributed by atoms with van der Waals surface area (Å²) < 4.78 is 28.4. The zero-order chi connectivity index (χ0) is 26.5. The lowest BCUT2D eigenvalue weighted by Gasteiger charge is -2.31. The lowest BCUT2D eigenvalue weighted by Crippen LogP contribution is -2.51. The number of sulfonamides is 1. The molecule has 0 fully saturated rings. The lowest BCUT2D eigenvalue weighted by atomic mass is 10.0. The van der Waals surface area contributed by atoms with Gasteiger partial charge in [0.1, 0.15) is 6.04 Å². The average Bonchev–Trinajstić information content (AvgIpc) is 2.84. The molecule has 0 heterocycles. The van der Waals surface area contributed by atoms with Crippen LogP contribution < -0.4 is 5.32 Å². The van der Waals surface area contributed by atoms with Gasteiger partial charge in [-0.3, -0.25) is 14.4 Å². The molecule has 8 heteroatoms. The Kier molecular flexibility index (Phi) is 8.42. The molecule has 0 aliphatic rings. The smallest absolute Gasteiger partial charge is 0.268 e. The van der Waals surface area contributed by atoms with Gasteiger partial charge in [-0.15, -0.1) is 0 Å². The molecule has 36 heavy (non-hydrogen) atoms. The number of rotatable bonds is 9. The molecule has 0 radical (unpaired) electrons. The van der Waals surface area contributed by atoms with E-state index in [0.717, 1.165) is 5.56 Å². The van der Waals surface area contributed by atoms with Gasteiger partial charge in [-0.1, -0.05) is 49.7 Å². The fourth-order valence-electron chi connectivity index (χ4n) is 3.72. The average molecular weight is 507 g/mol. The van der Waals surface area contributed by atoms with Gasteiger partial charge < -0.3 is 5.32 Å². The van der Waals surface area contributed by atoms with Crippen molar-refractivity contribution in [2.45, 2.75) is 45.1 Å². The molecule has 0 saturated carbocycles. The number of carbonyl (C=O) groups is 3. The summed E-state index contributed by atoms with van der Waals surface area (Å²) in [5.74, 6) is -1.64. The summed E-state index contributed by atoms with van der Waals surface area (Å²) in [4.78, 5) is 38.7. The molecule has 0 spiro atoms. The second-order valence-corrected chi connectivity index (χ2v) is 10.9. The Labute approximate surface area is 212 Å². The standard InChI is InChI=1S/C28H30N2O5S/c1-19(2)18-26(27(32)29-24-14-12-22(13-15-24)21(4)31)30(28(33)23-8-6-5-7-9-23)36(34,35)25-16-10-20(3)11-17-25/h5-17,19,26H,18H2,1-4H3,(H,29,32). The number of nitrogens with one attached hydrogen (secondary N) is 1. The van der Waals surface area contributed by atoms with Crippen molar-refractivity contribution in [3.63, 3.8) is 0 Å². The molecule has 0 aromatic heterocycles. The number of benzene rings is 3. The number of anilines is 1. The lowest BCUT2D eigenvalue weighted by molar-refractivity contribution is -0.119. The first-order valence-electron chi connectivity index (χ1n) is 11.6. The quantitative estimate of drug-likeness (QED) is 0.408. The molecule has 2 amide bonds.